The Kier molecular flexibility index (Phi) is 4.06. The summed E-state index contributed by atoms with van der Waals surface area (Å²) in [6.45, 7) is 4.75. The molecule has 7 aromatic carbocycles. The summed E-state index contributed by atoms with van der Waals surface area (Å²) in [7, 11) is 0. The minimum Gasteiger partial charge on any atom is -0.309 e. The second-order valence-electron chi connectivity index (χ2n) is 12.5. The summed E-state index contributed by atoms with van der Waals surface area (Å²) in [5.74, 6) is 0. The van der Waals surface area contributed by atoms with Crippen LogP contribution in [-0.2, 0) is 5.41 Å². The Balaban J connectivity index is 1.39. The van der Waals surface area contributed by atoms with Crippen LogP contribution < -0.4 is 0 Å². The average molecular weight is 534 g/mol. The van der Waals surface area contributed by atoms with E-state index in [1.807, 2.05) is 0 Å². The quantitative estimate of drug-likeness (QED) is 0.198. The number of hydrogen-bond donors (Lipinski definition) is 0. The summed E-state index contributed by atoms with van der Waals surface area (Å²) >= 11 is 0. The fourth-order valence-electron chi connectivity index (χ4n) is 8.23. The van der Waals surface area contributed by atoms with Gasteiger partial charge in [0.05, 0.1) is 16.7 Å². The fraction of sp³-hybridized carbons (Fsp3) is 0.0732. The lowest BCUT2D eigenvalue weighted by atomic mass is 9.82. The van der Waals surface area contributed by atoms with E-state index in [2.05, 4.69) is 146 Å². The normalized spacial score (nSPS) is 14.1. The molecule has 0 fully saturated rings. The molecule has 0 N–H and O–H groups in total. The molecule has 0 amide bonds. The Morgan fingerprint density at radius 1 is 0.429 bits per heavy atom. The molecular formula is C41H27N. The van der Waals surface area contributed by atoms with E-state index in [0.717, 1.165) is 0 Å². The highest BCUT2D eigenvalue weighted by Crippen LogP contribution is 2.53. The molecule has 0 saturated heterocycles. The van der Waals surface area contributed by atoms with E-state index < -0.39 is 0 Å². The lowest BCUT2D eigenvalue weighted by Crippen LogP contribution is -2.15. The Labute approximate surface area is 244 Å². The minimum absolute atomic E-state index is 0.0624. The Bertz CT molecular complexity index is 2460. The number of aromatic nitrogens is 1. The van der Waals surface area contributed by atoms with E-state index in [1.165, 1.54) is 93.5 Å². The van der Waals surface area contributed by atoms with Crippen LogP contribution in [0.15, 0.2) is 127 Å². The van der Waals surface area contributed by atoms with E-state index in [9.17, 15) is 0 Å². The van der Waals surface area contributed by atoms with Crippen molar-refractivity contribution < 1.29 is 0 Å². The van der Waals surface area contributed by atoms with Crippen LogP contribution >= 0.6 is 0 Å². The number of rotatable bonds is 1. The van der Waals surface area contributed by atoms with Gasteiger partial charge in [0.1, 0.15) is 0 Å². The lowest BCUT2D eigenvalue weighted by Gasteiger charge is -2.22. The molecular weight excluding hydrogens is 506 g/mol. The van der Waals surface area contributed by atoms with Gasteiger partial charge in [-0.25, -0.2) is 0 Å². The van der Waals surface area contributed by atoms with Gasteiger partial charge in [0.2, 0.25) is 0 Å². The van der Waals surface area contributed by atoms with Gasteiger partial charge in [-0.1, -0.05) is 117 Å². The van der Waals surface area contributed by atoms with Crippen molar-refractivity contribution in [2.45, 2.75) is 19.3 Å². The smallest absolute Gasteiger partial charge is 0.0547 e. The third-order valence-electron chi connectivity index (χ3n) is 10.1. The molecule has 0 aliphatic heterocycles. The first-order valence-corrected chi connectivity index (χ1v) is 14.9. The zero-order valence-electron chi connectivity index (χ0n) is 23.6. The second-order valence-corrected chi connectivity index (χ2v) is 12.5. The van der Waals surface area contributed by atoms with Crippen LogP contribution in [0.5, 0.6) is 0 Å². The van der Waals surface area contributed by atoms with Gasteiger partial charge >= 0.3 is 0 Å². The Morgan fingerprint density at radius 3 is 1.98 bits per heavy atom. The van der Waals surface area contributed by atoms with E-state index >= 15 is 0 Å². The minimum atomic E-state index is -0.0624. The van der Waals surface area contributed by atoms with Gasteiger partial charge in [0.25, 0.3) is 0 Å². The molecule has 0 spiro atoms. The molecule has 0 unspecified atom stereocenters. The van der Waals surface area contributed by atoms with Crippen molar-refractivity contribution in [3.63, 3.8) is 0 Å². The molecule has 8 aromatic rings. The fourth-order valence-corrected chi connectivity index (χ4v) is 8.23. The Morgan fingerprint density at radius 2 is 1.12 bits per heavy atom. The molecule has 196 valence electrons. The summed E-state index contributed by atoms with van der Waals surface area (Å²) in [6, 6.07) is 47.8. The highest BCUT2D eigenvalue weighted by molar-refractivity contribution is 6.24. The number of hydrogen-bond acceptors (Lipinski definition) is 0. The largest absolute Gasteiger partial charge is 0.309 e. The standard InChI is InChI=1S/C41H27N/c1-41(2)34-17-8-7-14-28(34)32-22-33-38(23-35(32)41)42(37-20-18-24-10-3-4-11-25(24)40(33)37)36-21-19-30-27-13-6-5-12-26(27)29-15-9-16-31(36)39(29)30/h3-23H,1-2H3. The van der Waals surface area contributed by atoms with Crippen molar-refractivity contribution in [3.05, 3.63) is 139 Å². The van der Waals surface area contributed by atoms with Gasteiger partial charge in [-0.2, -0.15) is 0 Å². The first kappa shape index (κ1) is 22.5. The summed E-state index contributed by atoms with van der Waals surface area (Å²) < 4.78 is 2.54. The van der Waals surface area contributed by atoms with Crippen LogP contribution in [-0.4, -0.2) is 4.57 Å². The predicted octanol–water partition coefficient (Wildman–Crippen LogP) is 11.0. The zero-order valence-corrected chi connectivity index (χ0v) is 23.6. The molecule has 42 heavy (non-hydrogen) atoms. The van der Waals surface area contributed by atoms with Gasteiger partial charge in [-0.3, -0.25) is 0 Å². The van der Waals surface area contributed by atoms with Crippen molar-refractivity contribution >= 4 is 43.4 Å². The number of fused-ring (bicyclic) bond motifs is 11. The molecule has 10 rings (SSSR count). The maximum atomic E-state index is 2.54. The first-order valence-electron chi connectivity index (χ1n) is 14.9. The maximum absolute atomic E-state index is 2.54. The third-order valence-corrected chi connectivity index (χ3v) is 10.1. The zero-order chi connectivity index (χ0) is 27.7. The van der Waals surface area contributed by atoms with Gasteiger partial charge < -0.3 is 4.57 Å². The predicted molar refractivity (Wildman–Crippen MR) is 178 cm³/mol. The molecule has 1 heterocycles. The van der Waals surface area contributed by atoms with Crippen molar-refractivity contribution in [1.29, 1.82) is 0 Å². The molecule has 2 aliphatic rings. The van der Waals surface area contributed by atoms with Gasteiger partial charge in [0, 0.05) is 21.6 Å². The molecule has 2 aliphatic carbocycles. The SMILES string of the molecule is CC1(C)c2ccccc2-c2cc3c4c5ccccc5ccc4n(-c4ccc5c6c(cccc46)-c4ccccc4-5)c3cc21. The van der Waals surface area contributed by atoms with Crippen LogP contribution in [0.4, 0.5) is 0 Å². The summed E-state index contributed by atoms with van der Waals surface area (Å²) in [6.07, 6.45) is 0. The van der Waals surface area contributed by atoms with Crippen LogP contribution in [0.25, 0.3) is 82.4 Å². The van der Waals surface area contributed by atoms with E-state index in [-0.39, 0.29) is 5.41 Å². The van der Waals surface area contributed by atoms with Crippen LogP contribution in [0, 0.1) is 0 Å². The van der Waals surface area contributed by atoms with E-state index in [1.54, 1.807) is 0 Å². The van der Waals surface area contributed by atoms with Crippen molar-refractivity contribution in [2.24, 2.45) is 0 Å². The molecule has 0 atom stereocenters. The molecule has 0 saturated carbocycles. The highest BCUT2D eigenvalue weighted by Gasteiger charge is 2.36. The Hall–Kier alpha value is -5.14. The van der Waals surface area contributed by atoms with E-state index in [0.29, 0.717) is 0 Å². The van der Waals surface area contributed by atoms with Crippen LogP contribution in [0.1, 0.15) is 25.0 Å². The summed E-state index contributed by atoms with van der Waals surface area (Å²) in [4.78, 5) is 0. The number of nitrogens with zero attached hydrogens (tertiary/aromatic N) is 1. The van der Waals surface area contributed by atoms with Gasteiger partial charge in [-0.15, -0.1) is 0 Å². The summed E-state index contributed by atoms with van der Waals surface area (Å²) in [5.41, 5.74) is 14.6. The van der Waals surface area contributed by atoms with Gasteiger partial charge in [0.15, 0.2) is 0 Å². The molecule has 1 nitrogen and oxygen atoms in total. The topological polar surface area (TPSA) is 4.93 Å². The average Bonchev–Trinajstić information content (AvgIpc) is 3.62. The van der Waals surface area contributed by atoms with E-state index in [4.69, 9.17) is 0 Å². The third kappa shape index (κ3) is 2.61. The molecule has 0 radical (unpaired) electrons. The van der Waals surface area contributed by atoms with Crippen LogP contribution in [0.3, 0.4) is 0 Å². The van der Waals surface area contributed by atoms with Gasteiger partial charge in [-0.05, 0) is 84.9 Å². The molecule has 1 heteroatoms. The maximum Gasteiger partial charge on any atom is 0.0547 e. The van der Waals surface area contributed by atoms with Crippen molar-refractivity contribution in [3.8, 4) is 39.1 Å². The lowest BCUT2D eigenvalue weighted by molar-refractivity contribution is 0.661. The summed E-state index contributed by atoms with van der Waals surface area (Å²) in [5, 5.41) is 7.90. The monoisotopic (exact) mass is 533 g/mol. The van der Waals surface area contributed by atoms with Crippen molar-refractivity contribution in [2.75, 3.05) is 0 Å². The van der Waals surface area contributed by atoms with Crippen molar-refractivity contribution in [1.82, 2.24) is 4.57 Å². The molecule has 0 bridgehead atoms. The van der Waals surface area contributed by atoms with Crippen LogP contribution in [0.2, 0.25) is 0 Å². The highest BCUT2D eigenvalue weighted by atomic mass is 15.0. The number of benzene rings is 7. The molecule has 1 aromatic heterocycles. The second kappa shape index (κ2) is 7.57. The first-order chi connectivity index (χ1) is 20.6.